The number of hydrogen-bond acceptors (Lipinski definition) is 14. The largest absolute Gasteiger partial charge is 0.344 e. The fourth-order valence-corrected chi connectivity index (χ4v) is 9.64. The van der Waals surface area contributed by atoms with Crippen LogP contribution in [0.25, 0.3) is 0 Å². The van der Waals surface area contributed by atoms with E-state index in [-0.39, 0.29) is 55.7 Å². The third-order valence-corrected chi connectivity index (χ3v) is 14.2. The highest BCUT2D eigenvalue weighted by Gasteiger charge is 2.45. The molecule has 67 heavy (non-hydrogen) atoms. The molecule has 1 aromatic carbocycles. The summed E-state index contributed by atoms with van der Waals surface area (Å²) in [5.74, 6) is -2.84. The molecule has 1 saturated heterocycles. The van der Waals surface area contributed by atoms with Crippen LogP contribution in [0.1, 0.15) is 100 Å². The molecule has 0 radical (unpaired) electrons. The number of nitrogens with zero attached hydrogens (tertiary/aromatic N) is 5. The quantitative estimate of drug-likeness (QED) is 0.0361. The molecule has 5 rings (SSSR count). The van der Waals surface area contributed by atoms with Crippen molar-refractivity contribution in [1.29, 1.82) is 0 Å². The Kier molecular flexibility index (Phi) is 16.7. The van der Waals surface area contributed by atoms with Gasteiger partial charge in [-0.05, 0) is 87.0 Å². The van der Waals surface area contributed by atoms with Crippen LogP contribution >= 0.6 is 0 Å². The Morgan fingerprint density at radius 1 is 0.851 bits per heavy atom. The summed E-state index contributed by atoms with van der Waals surface area (Å²) >= 11 is 0. The molecule has 1 atom stereocenters. The third-order valence-electron chi connectivity index (χ3n) is 11.8. The van der Waals surface area contributed by atoms with Gasteiger partial charge in [-0.2, -0.15) is 25.3 Å². The van der Waals surface area contributed by atoms with E-state index in [0.29, 0.717) is 64.8 Å². The maximum absolute atomic E-state index is 13.1. The number of carbonyl (C=O) groups is 4. The maximum atomic E-state index is 13.1. The van der Waals surface area contributed by atoms with Gasteiger partial charge in [-0.3, -0.25) is 32.9 Å². The molecule has 1 fully saturated rings. The molecule has 20 nitrogen and oxygen atoms in total. The molecule has 0 bridgehead atoms. The molecule has 0 spiro atoms. The lowest BCUT2D eigenvalue weighted by Gasteiger charge is -2.30. The lowest BCUT2D eigenvalue weighted by atomic mass is 9.77. The van der Waals surface area contributed by atoms with Crippen molar-refractivity contribution in [3.8, 4) is 0 Å². The molecule has 1 aromatic heterocycles. The van der Waals surface area contributed by atoms with Gasteiger partial charge in [0.15, 0.2) is 5.71 Å². The first-order chi connectivity index (χ1) is 31.3. The number of unbranched alkanes of at least 4 members (excludes halogenated alkanes) is 2. The zero-order valence-corrected chi connectivity index (χ0v) is 40.3. The van der Waals surface area contributed by atoms with Crippen LogP contribution < -0.4 is 9.47 Å². The topological polar surface area (TPSA) is 276 Å². The molecule has 1 unspecified atom stereocenters. The molecular formula is C44H56N5O15S3+. The van der Waals surface area contributed by atoms with Crippen LogP contribution in [0.2, 0.25) is 0 Å². The Labute approximate surface area is 390 Å². The molecule has 4 heterocycles. The van der Waals surface area contributed by atoms with Gasteiger partial charge in [0.1, 0.15) is 6.20 Å². The number of benzene rings is 1. The summed E-state index contributed by atoms with van der Waals surface area (Å²) < 4.78 is 101. The van der Waals surface area contributed by atoms with Crippen molar-refractivity contribution in [3.63, 3.8) is 0 Å². The van der Waals surface area contributed by atoms with E-state index >= 15 is 0 Å². The highest BCUT2D eigenvalue weighted by molar-refractivity contribution is 7.86. The first kappa shape index (κ1) is 52.5. The van der Waals surface area contributed by atoms with E-state index in [4.69, 9.17) is 14.7 Å². The van der Waals surface area contributed by atoms with E-state index in [1.165, 1.54) is 32.4 Å². The monoisotopic (exact) mass is 990 g/mol. The van der Waals surface area contributed by atoms with E-state index in [1.807, 2.05) is 25.7 Å². The average Bonchev–Trinajstić information content (AvgIpc) is 3.78. The lowest BCUT2D eigenvalue weighted by molar-refractivity contribution is -0.684. The van der Waals surface area contributed by atoms with Crippen LogP contribution in [0, 0.1) is 0 Å². The summed E-state index contributed by atoms with van der Waals surface area (Å²) in [7, 11) is -10.3. The van der Waals surface area contributed by atoms with E-state index in [2.05, 4.69) is 0 Å². The highest BCUT2D eigenvalue weighted by Crippen LogP contribution is 2.51. The van der Waals surface area contributed by atoms with Crippen molar-refractivity contribution < 1.29 is 72.3 Å². The fraction of sp³-hybridized carbons (Fsp3) is 0.455. The molecule has 3 amide bonds. The van der Waals surface area contributed by atoms with Gasteiger partial charge in [0.25, 0.3) is 48.1 Å². The third kappa shape index (κ3) is 13.2. The Morgan fingerprint density at radius 2 is 1.49 bits per heavy atom. The zero-order valence-electron chi connectivity index (χ0n) is 37.8. The van der Waals surface area contributed by atoms with Gasteiger partial charge in [0, 0.05) is 56.1 Å². The smallest absolute Gasteiger partial charge is 0.333 e. The van der Waals surface area contributed by atoms with Gasteiger partial charge in [0.2, 0.25) is 0 Å². The number of fused-ring (bicyclic) bond motifs is 2. The van der Waals surface area contributed by atoms with Gasteiger partial charge in [-0.15, -0.1) is 5.06 Å². The second-order valence-electron chi connectivity index (χ2n) is 17.0. The highest BCUT2D eigenvalue weighted by atomic mass is 32.2. The van der Waals surface area contributed by atoms with E-state index in [9.17, 15) is 58.1 Å². The fourth-order valence-electron chi connectivity index (χ4n) is 8.15. The van der Waals surface area contributed by atoms with Crippen LogP contribution in [0.15, 0.2) is 88.6 Å². The van der Waals surface area contributed by atoms with Crippen LogP contribution in [-0.4, -0.2) is 111 Å². The summed E-state index contributed by atoms with van der Waals surface area (Å²) in [5, 5.41) is 1.55. The number of allylic oxidation sites excluding steroid dienone is 8. The summed E-state index contributed by atoms with van der Waals surface area (Å²) in [6, 6.07) is 5.87. The molecule has 3 aliphatic heterocycles. The molecular weight excluding hydrogens is 935 g/mol. The Balaban J connectivity index is 1.39. The van der Waals surface area contributed by atoms with Crippen LogP contribution in [-0.2, 0) is 71.8 Å². The van der Waals surface area contributed by atoms with E-state index in [1.54, 1.807) is 59.4 Å². The number of hydrogen-bond donors (Lipinski definition) is 3. The van der Waals surface area contributed by atoms with Crippen LogP contribution in [0.5, 0.6) is 0 Å². The standard InChI is InChI=1S/C44H55N5O15S3/c1-43(2)34-28-31(42(53)46(4)63-5)30-47(24-14-26-65(54,55)56)41(34)45-36(43)16-10-7-6-8-11-17-37-44(3,23-13-9-12-18-40(52)64-49-38(50)21-22-39(49)51)33-29-32(67(60,61)62)19-20-35(33)48(37)25-15-27-66(57,58)59/h6-8,10-11,16-17,19-20,28-30H,9,12-15,18,21-27H2,1-5H3,(H2-,54,55,56,57,58,59,60,61,62)/p+1. The van der Waals surface area contributed by atoms with Gasteiger partial charge in [-0.1, -0.05) is 43.2 Å². The molecule has 364 valence electrons. The summed E-state index contributed by atoms with van der Waals surface area (Å²) in [6.45, 7) is 6.01. The maximum Gasteiger partial charge on any atom is 0.333 e. The van der Waals surface area contributed by atoms with Crippen molar-refractivity contribution in [2.24, 2.45) is 4.99 Å². The first-order valence-corrected chi connectivity index (χ1v) is 26.0. The van der Waals surface area contributed by atoms with Crippen molar-refractivity contribution >= 4 is 71.3 Å². The SMILES string of the molecule is CON(C)C(=O)c1cc2c([n+](CCCS(=O)(=O)O)c1)N=C(/C=C/C=C/C=C/C=C1/N(CCCS(=O)(=O)O)c3ccc(S(=O)(=O)O)cc3C1(C)CCCCCC(=O)ON1C(=O)CCC1=O)C2(C)C. The number of rotatable bonds is 22. The van der Waals surface area contributed by atoms with Gasteiger partial charge < -0.3 is 9.74 Å². The molecule has 3 N–H and O–H groups in total. The number of amides is 3. The normalized spacial score (nSPS) is 19.0. The van der Waals surface area contributed by atoms with Crippen molar-refractivity contribution in [3.05, 3.63) is 95.4 Å². The minimum atomic E-state index is -4.62. The van der Waals surface area contributed by atoms with E-state index in [0.717, 1.165) is 5.06 Å². The number of aryl methyl sites for hydroxylation is 1. The molecule has 3 aliphatic rings. The number of aromatic nitrogens is 1. The van der Waals surface area contributed by atoms with Gasteiger partial charge >= 0.3 is 11.8 Å². The minimum Gasteiger partial charge on any atom is -0.344 e. The van der Waals surface area contributed by atoms with Crippen LogP contribution in [0.3, 0.4) is 0 Å². The minimum absolute atomic E-state index is 0.0147. The number of imide groups is 1. The number of hydroxylamine groups is 4. The summed E-state index contributed by atoms with van der Waals surface area (Å²) in [6.07, 6.45) is 15.6. The predicted molar refractivity (Wildman–Crippen MR) is 245 cm³/mol. The summed E-state index contributed by atoms with van der Waals surface area (Å²) in [4.78, 5) is 65.7. The van der Waals surface area contributed by atoms with Gasteiger partial charge in [0.05, 0.1) is 46.6 Å². The number of aliphatic imine (C=N–C) groups is 1. The Hall–Kier alpha value is -5.43. The van der Waals surface area contributed by atoms with Crippen molar-refractivity contribution in [1.82, 2.24) is 10.1 Å². The Bertz CT molecular complexity index is 2770. The molecule has 0 aliphatic carbocycles. The number of anilines is 1. The van der Waals surface area contributed by atoms with E-state index < -0.39 is 76.4 Å². The summed E-state index contributed by atoms with van der Waals surface area (Å²) in [5.41, 5.74) is 1.81. The van der Waals surface area contributed by atoms with Crippen LogP contribution in [0.4, 0.5) is 11.5 Å². The Morgan fingerprint density at radius 3 is 2.13 bits per heavy atom. The number of pyridine rings is 1. The van der Waals surface area contributed by atoms with Gasteiger partial charge in [-0.25, -0.2) is 14.4 Å². The zero-order chi connectivity index (χ0) is 49.5. The average molecular weight is 991 g/mol. The number of carbonyl (C=O) groups excluding carboxylic acids is 4. The van der Waals surface area contributed by atoms with Crippen molar-refractivity contribution in [2.75, 3.05) is 37.1 Å². The lowest BCUT2D eigenvalue weighted by Crippen LogP contribution is -2.38. The second-order valence-corrected chi connectivity index (χ2v) is 21.5. The van der Waals surface area contributed by atoms with Crippen molar-refractivity contribution in [2.45, 2.75) is 101 Å². The first-order valence-electron chi connectivity index (χ1n) is 21.3. The molecule has 0 saturated carbocycles. The molecule has 2 aromatic rings. The second kappa shape index (κ2) is 21.3. The molecule has 23 heteroatoms. The predicted octanol–water partition coefficient (Wildman–Crippen LogP) is 4.66.